The molecular formula is C18H16F3N3O3S. The van der Waals surface area contributed by atoms with Gasteiger partial charge in [-0.1, -0.05) is 24.3 Å². The van der Waals surface area contributed by atoms with Crippen molar-refractivity contribution in [3.63, 3.8) is 0 Å². The van der Waals surface area contributed by atoms with E-state index in [1.165, 1.54) is 30.4 Å². The average molecular weight is 411 g/mol. The van der Waals surface area contributed by atoms with Crippen LogP contribution in [0.15, 0.2) is 41.8 Å². The largest absolute Gasteiger partial charge is 0.416 e. The van der Waals surface area contributed by atoms with E-state index in [4.69, 9.17) is 0 Å². The van der Waals surface area contributed by atoms with Crippen molar-refractivity contribution in [3.8, 4) is 0 Å². The van der Waals surface area contributed by atoms with Crippen molar-refractivity contribution in [2.45, 2.75) is 25.2 Å². The summed E-state index contributed by atoms with van der Waals surface area (Å²) in [6.07, 6.45) is -4.70. The molecule has 2 aromatic rings. The van der Waals surface area contributed by atoms with Crippen LogP contribution >= 0.6 is 11.3 Å². The van der Waals surface area contributed by atoms with Crippen LogP contribution in [0.4, 0.5) is 18.0 Å². The summed E-state index contributed by atoms with van der Waals surface area (Å²) in [6.45, 7) is 0.843. The van der Waals surface area contributed by atoms with Gasteiger partial charge in [-0.25, -0.2) is 4.79 Å². The van der Waals surface area contributed by atoms with Gasteiger partial charge in [0.05, 0.1) is 12.1 Å². The Kier molecular flexibility index (Phi) is 5.16. The first-order valence-electron chi connectivity index (χ1n) is 8.23. The lowest BCUT2D eigenvalue weighted by Gasteiger charge is -2.25. The smallest absolute Gasteiger partial charge is 0.350 e. The zero-order chi connectivity index (χ0) is 20.5. The number of alkyl halides is 3. The summed E-state index contributed by atoms with van der Waals surface area (Å²) in [7, 11) is 0. The molecule has 6 nitrogen and oxygen atoms in total. The summed E-state index contributed by atoms with van der Waals surface area (Å²) >= 11 is 1.43. The van der Waals surface area contributed by atoms with Gasteiger partial charge < -0.3 is 10.6 Å². The molecule has 0 unspecified atom stereocenters. The topological polar surface area (TPSA) is 78.5 Å². The van der Waals surface area contributed by atoms with Crippen LogP contribution in [-0.4, -0.2) is 29.3 Å². The van der Waals surface area contributed by atoms with Crippen molar-refractivity contribution >= 4 is 29.2 Å². The second-order valence-electron chi connectivity index (χ2n) is 6.35. The molecule has 1 fully saturated rings. The lowest BCUT2D eigenvalue weighted by Crippen LogP contribution is -2.44. The van der Waals surface area contributed by atoms with Gasteiger partial charge in [-0.3, -0.25) is 14.5 Å². The summed E-state index contributed by atoms with van der Waals surface area (Å²) in [5.41, 5.74) is -3.31. The molecule has 0 radical (unpaired) electrons. The molecule has 1 aliphatic heterocycles. The fourth-order valence-corrected chi connectivity index (χ4v) is 3.63. The van der Waals surface area contributed by atoms with Crippen LogP contribution in [0.3, 0.4) is 0 Å². The number of hydrogen-bond donors (Lipinski definition) is 2. The Morgan fingerprint density at radius 2 is 1.93 bits per heavy atom. The number of halogens is 3. The molecule has 1 aliphatic rings. The Bertz CT molecular complexity index is 914. The van der Waals surface area contributed by atoms with Crippen molar-refractivity contribution in [1.29, 1.82) is 0 Å². The quantitative estimate of drug-likeness (QED) is 0.743. The molecule has 148 valence electrons. The van der Waals surface area contributed by atoms with E-state index in [1.54, 1.807) is 0 Å². The van der Waals surface area contributed by atoms with Crippen LogP contribution in [0.1, 0.15) is 22.9 Å². The molecular weight excluding hydrogens is 395 g/mol. The number of urea groups is 1. The van der Waals surface area contributed by atoms with Gasteiger partial charge in [0.2, 0.25) is 5.91 Å². The number of amides is 4. The van der Waals surface area contributed by atoms with Crippen LogP contribution < -0.4 is 10.6 Å². The first-order valence-corrected chi connectivity index (χ1v) is 9.11. The highest BCUT2D eigenvalue weighted by atomic mass is 32.1. The first-order chi connectivity index (χ1) is 13.1. The summed E-state index contributed by atoms with van der Waals surface area (Å²) in [6, 6.07) is 7.24. The SMILES string of the molecule is C[C@]1(c2ccccc2C(F)(F)F)NC(=O)N(CC(=O)NCc2cccs2)C1=O. The number of hydrogen-bond acceptors (Lipinski definition) is 4. The molecule has 10 heteroatoms. The van der Waals surface area contributed by atoms with Crippen LogP contribution in [0.25, 0.3) is 0 Å². The molecule has 3 rings (SSSR count). The van der Waals surface area contributed by atoms with E-state index in [-0.39, 0.29) is 12.1 Å². The van der Waals surface area contributed by atoms with Crippen molar-refractivity contribution < 1.29 is 27.6 Å². The summed E-state index contributed by atoms with van der Waals surface area (Å²) in [5, 5.41) is 6.70. The monoisotopic (exact) mass is 411 g/mol. The van der Waals surface area contributed by atoms with Crippen molar-refractivity contribution in [3.05, 3.63) is 57.8 Å². The zero-order valence-corrected chi connectivity index (χ0v) is 15.5. The van der Waals surface area contributed by atoms with Gasteiger partial charge in [-0.05, 0) is 30.0 Å². The molecule has 1 aromatic heterocycles. The molecule has 2 heterocycles. The van der Waals surface area contributed by atoms with E-state index in [0.717, 1.165) is 17.0 Å². The van der Waals surface area contributed by atoms with E-state index in [2.05, 4.69) is 10.6 Å². The number of nitrogens with one attached hydrogen (secondary N) is 2. The van der Waals surface area contributed by atoms with Gasteiger partial charge in [-0.15, -0.1) is 11.3 Å². The maximum Gasteiger partial charge on any atom is 0.416 e. The minimum Gasteiger partial charge on any atom is -0.350 e. The standard InChI is InChI=1S/C18H16F3N3O3S/c1-17(12-6-2-3-7-13(12)18(19,20)21)15(26)24(16(27)23-17)10-14(25)22-9-11-5-4-8-28-11/h2-8H,9-10H2,1H3,(H,22,25)(H,23,27)/t17-/m1/s1. The van der Waals surface area contributed by atoms with Crippen LogP contribution in [0, 0.1) is 0 Å². The predicted molar refractivity (Wildman–Crippen MR) is 95.2 cm³/mol. The Morgan fingerprint density at radius 3 is 2.57 bits per heavy atom. The summed E-state index contributed by atoms with van der Waals surface area (Å²) in [5.74, 6) is -1.51. The Balaban J connectivity index is 1.79. The second-order valence-corrected chi connectivity index (χ2v) is 7.38. The molecule has 0 aliphatic carbocycles. The predicted octanol–water partition coefficient (Wildman–Crippen LogP) is 2.85. The fourth-order valence-electron chi connectivity index (χ4n) is 2.99. The number of carbonyl (C=O) groups excluding carboxylic acids is 3. The van der Waals surface area contributed by atoms with Crippen LogP contribution in [0.5, 0.6) is 0 Å². The average Bonchev–Trinajstić information content (AvgIpc) is 3.23. The zero-order valence-electron chi connectivity index (χ0n) is 14.7. The van der Waals surface area contributed by atoms with Gasteiger partial charge in [0.25, 0.3) is 5.91 Å². The fraction of sp³-hybridized carbons (Fsp3) is 0.278. The number of nitrogens with zero attached hydrogens (tertiary/aromatic N) is 1. The third-order valence-corrected chi connectivity index (χ3v) is 5.26. The molecule has 0 saturated carbocycles. The minimum atomic E-state index is -4.70. The molecule has 0 spiro atoms. The minimum absolute atomic E-state index is 0.230. The Morgan fingerprint density at radius 1 is 1.21 bits per heavy atom. The van der Waals surface area contributed by atoms with Crippen molar-refractivity contribution in [1.82, 2.24) is 15.5 Å². The van der Waals surface area contributed by atoms with Gasteiger partial charge in [0, 0.05) is 4.88 Å². The second kappa shape index (κ2) is 7.27. The Hall–Kier alpha value is -2.88. The van der Waals surface area contributed by atoms with Crippen molar-refractivity contribution in [2.24, 2.45) is 0 Å². The molecule has 1 aromatic carbocycles. The van der Waals surface area contributed by atoms with Crippen molar-refractivity contribution in [2.75, 3.05) is 6.54 Å². The third-order valence-electron chi connectivity index (χ3n) is 4.39. The molecule has 1 saturated heterocycles. The normalized spacial score (nSPS) is 19.6. The highest BCUT2D eigenvalue weighted by Gasteiger charge is 2.52. The van der Waals surface area contributed by atoms with E-state index in [9.17, 15) is 27.6 Å². The molecule has 0 bridgehead atoms. The molecule has 28 heavy (non-hydrogen) atoms. The maximum absolute atomic E-state index is 13.3. The number of imide groups is 1. The number of carbonyl (C=O) groups is 3. The van der Waals surface area contributed by atoms with Crippen LogP contribution in [0.2, 0.25) is 0 Å². The first kappa shape index (κ1) is 19.9. The van der Waals surface area contributed by atoms with E-state index in [0.29, 0.717) is 4.90 Å². The summed E-state index contributed by atoms with van der Waals surface area (Å²) < 4.78 is 40.0. The number of rotatable bonds is 5. The molecule has 4 amide bonds. The van der Waals surface area contributed by atoms with Gasteiger partial charge in [0.1, 0.15) is 12.1 Å². The van der Waals surface area contributed by atoms with Gasteiger partial charge in [0.15, 0.2) is 0 Å². The van der Waals surface area contributed by atoms with Gasteiger partial charge in [-0.2, -0.15) is 13.2 Å². The lowest BCUT2D eigenvalue weighted by atomic mass is 9.87. The maximum atomic E-state index is 13.3. The van der Waals surface area contributed by atoms with E-state index < -0.39 is 41.7 Å². The highest BCUT2D eigenvalue weighted by molar-refractivity contribution is 7.09. The molecule has 1 atom stereocenters. The van der Waals surface area contributed by atoms with E-state index in [1.807, 2.05) is 17.5 Å². The number of thiophene rings is 1. The highest BCUT2D eigenvalue weighted by Crippen LogP contribution is 2.39. The Labute approximate surface area is 162 Å². The summed E-state index contributed by atoms with van der Waals surface area (Å²) in [4.78, 5) is 38.6. The third kappa shape index (κ3) is 3.72. The van der Waals surface area contributed by atoms with Crippen LogP contribution in [-0.2, 0) is 27.8 Å². The number of benzene rings is 1. The van der Waals surface area contributed by atoms with E-state index >= 15 is 0 Å². The van der Waals surface area contributed by atoms with Gasteiger partial charge >= 0.3 is 12.2 Å². The lowest BCUT2D eigenvalue weighted by molar-refractivity contribution is -0.140. The molecule has 2 N–H and O–H groups in total.